The molecule has 0 aromatic carbocycles. The van der Waals surface area contributed by atoms with Crippen molar-refractivity contribution in [2.75, 3.05) is 39.6 Å². The van der Waals surface area contributed by atoms with Gasteiger partial charge < -0.3 is 34.3 Å². The van der Waals surface area contributed by atoms with Gasteiger partial charge in [0.1, 0.15) is 19.8 Å². The standard InChI is InChI=1S/C29H48N2O9/c1-8-24(32)37-13-14-38-27(35)31-22-15-28(5,6)19-29(7,16-22)20-30-26(34)39-18-23(40-25(33)9-2)17-36-12-10-11-21(3)4/h8-9,21-23H,1-2,10-20H2,3-7H3,(H,30,34)(H,31,35). The maximum atomic E-state index is 12.5. The molecule has 0 aromatic rings. The molecule has 40 heavy (non-hydrogen) atoms. The van der Waals surface area contributed by atoms with Crippen molar-refractivity contribution in [3.8, 4) is 0 Å². The van der Waals surface area contributed by atoms with Crippen LogP contribution in [0.15, 0.2) is 25.3 Å². The summed E-state index contributed by atoms with van der Waals surface area (Å²) in [4.78, 5) is 47.5. The number of carbonyl (C=O) groups excluding carboxylic acids is 4. The molecule has 1 saturated carbocycles. The van der Waals surface area contributed by atoms with Crippen molar-refractivity contribution < 1.29 is 42.9 Å². The number of esters is 2. The van der Waals surface area contributed by atoms with Gasteiger partial charge in [0.2, 0.25) is 0 Å². The third-order valence-electron chi connectivity index (χ3n) is 6.38. The molecule has 3 unspecified atom stereocenters. The largest absolute Gasteiger partial charge is 0.459 e. The monoisotopic (exact) mass is 568 g/mol. The Kier molecular flexibility index (Phi) is 15.4. The molecule has 0 aromatic heterocycles. The van der Waals surface area contributed by atoms with Crippen LogP contribution in [-0.4, -0.2) is 75.9 Å². The summed E-state index contributed by atoms with van der Waals surface area (Å²) in [5, 5.41) is 5.69. The van der Waals surface area contributed by atoms with E-state index in [1.54, 1.807) is 0 Å². The summed E-state index contributed by atoms with van der Waals surface area (Å²) >= 11 is 0. The topological polar surface area (TPSA) is 138 Å². The van der Waals surface area contributed by atoms with Crippen molar-refractivity contribution in [3.05, 3.63) is 25.3 Å². The smallest absolute Gasteiger partial charge is 0.407 e. The second-order valence-electron chi connectivity index (χ2n) is 11.7. The van der Waals surface area contributed by atoms with E-state index in [2.05, 4.69) is 51.5 Å². The highest BCUT2D eigenvalue weighted by Crippen LogP contribution is 2.45. The van der Waals surface area contributed by atoms with Gasteiger partial charge in [-0.3, -0.25) is 0 Å². The highest BCUT2D eigenvalue weighted by Gasteiger charge is 2.42. The quantitative estimate of drug-likeness (QED) is 0.114. The fourth-order valence-corrected chi connectivity index (χ4v) is 5.06. The normalized spacial score (nSPS) is 20.5. The summed E-state index contributed by atoms with van der Waals surface area (Å²) in [6, 6.07) is -0.176. The highest BCUT2D eigenvalue weighted by molar-refractivity contribution is 5.81. The van der Waals surface area contributed by atoms with Crippen LogP contribution in [0.1, 0.15) is 66.7 Å². The van der Waals surface area contributed by atoms with Crippen LogP contribution in [0.5, 0.6) is 0 Å². The SMILES string of the molecule is C=CC(=O)OCCOC(=O)NC1CC(C)(C)CC(C)(CNC(=O)OCC(COCCCC(C)C)OC(=O)C=C)C1. The van der Waals surface area contributed by atoms with Gasteiger partial charge in [-0.15, -0.1) is 0 Å². The van der Waals surface area contributed by atoms with Gasteiger partial charge in [-0.05, 0) is 48.9 Å². The van der Waals surface area contributed by atoms with E-state index in [0.717, 1.165) is 37.8 Å². The van der Waals surface area contributed by atoms with Crippen molar-refractivity contribution in [2.45, 2.75) is 78.9 Å². The predicted molar refractivity (Wildman–Crippen MR) is 149 cm³/mol. The number of rotatable bonds is 17. The molecule has 11 nitrogen and oxygen atoms in total. The second kappa shape index (κ2) is 17.6. The molecule has 228 valence electrons. The summed E-state index contributed by atoms with van der Waals surface area (Å²) in [7, 11) is 0. The third kappa shape index (κ3) is 15.5. The second-order valence-corrected chi connectivity index (χ2v) is 11.7. The number of nitrogens with one attached hydrogen (secondary N) is 2. The molecule has 0 heterocycles. The van der Waals surface area contributed by atoms with Gasteiger partial charge in [0.05, 0.1) is 6.61 Å². The van der Waals surface area contributed by atoms with Crippen LogP contribution < -0.4 is 10.6 Å². The van der Waals surface area contributed by atoms with E-state index in [1.165, 1.54) is 0 Å². The van der Waals surface area contributed by atoms with Gasteiger partial charge in [0.15, 0.2) is 6.10 Å². The Balaban J connectivity index is 2.55. The van der Waals surface area contributed by atoms with Crippen LogP contribution in [0.3, 0.4) is 0 Å². The lowest BCUT2D eigenvalue weighted by atomic mass is 9.62. The number of amides is 2. The van der Waals surface area contributed by atoms with Crippen molar-refractivity contribution in [1.82, 2.24) is 10.6 Å². The lowest BCUT2D eigenvalue weighted by Gasteiger charge is -2.46. The molecular weight excluding hydrogens is 520 g/mol. The zero-order valence-electron chi connectivity index (χ0n) is 24.8. The summed E-state index contributed by atoms with van der Waals surface area (Å²) in [6.07, 6.45) is 4.17. The van der Waals surface area contributed by atoms with Crippen molar-refractivity contribution >= 4 is 24.1 Å². The third-order valence-corrected chi connectivity index (χ3v) is 6.38. The first kappa shape index (κ1) is 34.9. The molecule has 1 fully saturated rings. The zero-order valence-corrected chi connectivity index (χ0v) is 24.8. The van der Waals surface area contributed by atoms with E-state index in [4.69, 9.17) is 23.7 Å². The Morgan fingerprint density at radius 1 is 0.900 bits per heavy atom. The Morgan fingerprint density at radius 3 is 2.23 bits per heavy atom. The Labute approximate surface area is 238 Å². The molecule has 1 aliphatic rings. The van der Waals surface area contributed by atoms with Crippen LogP contribution in [0.2, 0.25) is 0 Å². The summed E-state index contributed by atoms with van der Waals surface area (Å²) < 4.78 is 26.1. The summed E-state index contributed by atoms with van der Waals surface area (Å²) in [5.74, 6) is -0.632. The first-order valence-electron chi connectivity index (χ1n) is 13.8. The molecule has 2 amide bonds. The van der Waals surface area contributed by atoms with E-state index < -0.39 is 30.2 Å². The average Bonchev–Trinajstić information content (AvgIpc) is 2.86. The minimum Gasteiger partial charge on any atom is -0.459 e. The molecule has 0 bridgehead atoms. The summed E-state index contributed by atoms with van der Waals surface area (Å²) in [6.45, 7) is 17.9. The zero-order chi connectivity index (χ0) is 30.2. The molecule has 0 radical (unpaired) electrons. The van der Waals surface area contributed by atoms with Crippen LogP contribution in [0.25, 0.3) is 0 Å². The first-order chi connectivity index (χ1) is 18.8. The Bertz CT molecular complexity index is 858. The minimum atomic E-state index is -0.751. The molecule has 2 N–H and O–H groups in total. The molecule has 0 saturated heterocycles. The fraction of sp³-hybridized carbons (Fsp3) is 0.724. The van der Waals surface area contributed by atoms with E-state index in [-0.39, 0.29) is 43.3 Å². The Morgan fingerprint density at radius 2 is 1.57 bits per heavy atom. The van der Waals surface area contributed by atoms with Crippen LogP contribution >= 0.6 is 0 Å². The maximum absolute atomic E-state index is 12.5. The van der Waals surface area contributed by atoms with Crippen molar-refractivity contribution in [1.29, 1.82) is 0 Å². The van der Waals surface area contributed by atoms with Crippen LogP contribution in [0.4, 0.5) is 9.59 Å². The Hall–Kier alpha value is -3.08. The molecule has 11 heteroatoms. The minimum absolute atomic E-state index is 0.0594. The molecule has 0 spiro atoms. The lowest BCUT2D eigenvalue weighted by Crippen LogP contribution is -2.50. The van der Waals surface area contributed by atoms with Crippen LogP contribution in [-0.2, 0) is 33.3 Å². The van der Waals surface area contributed by atoms with Gasteiger partial charge in [-0.25, -0.2) is 19.2 Å². The van der Waals surface area contributed by atoms with E-state index in [0.29, 0.717) is 25.5 Å². The number of carbonyl (C=O) groups is 4. The first-order valence-corrected chi connectivity index (χ1v) is 13.8. The van der Waals surface area contributed by atoms with Gasteiger partial charge in [0.25, 0.3) is 0 Å². The number of alkyl carbamates (subject to hydrolysis) is 2. The lowest BCUT2D eigenvalue weighted by molar-refractivity contribution is -0.148. The molecule has 0 aliphatic heterocycles. The van der Waals surface area contributed by atoms with Crippen LogP contribution in [0, 0.1) is 16.7 Å². The maximum Gasteiger partial charge on any atom is 0.407 e. The van der Waals surface area contributed by atoms with Crippen molar-refractivity contribution in [2.24, 2.45) is 16.7 Å². The number of ether oxygens (including phenoxy) is 5. The summed E-state index contributed by atoms with van der Waals surface area (Å²) in [5.41, 5.74) is -0.431. The average molecular weight is 569 g/mol. The van der Waals surface area contributed by atoms with Gasteiger partial charge in [-0.2, -0.15) is 0 Å². The highest BCUT2D eigenvalue weighted by atomic mass is 16.6. The van der Waals surface area contributed by atoms with Gasteiger partial charge in [0, 0.05) is 31.3 Å². The van der Waals surface area contributed by atoms with Crippen molar-refractivity contribution in [3.63, 3.8) is 0 Å². The van der Waals surface area contributed by atoms with Gasteiger partial charge >= 0.3 is 24.1 Å². The molecular formula is C29H48N2O9. The molecule has 1 rings (SSSR count). The fourth-order valence-electron chi connectivity index (χ4n) is 5.06. The predicted octanol–water partition coefficient (Wildman–Crippen LogP) is 4.30. The van der Waals surface area contributed by atoms with E-state index in [1.807, 2.05) is 6.92 Å². The van der Waals surface area contributed by atoms with Gasteiger partial charge in [-0.1, -0.05) is 47.8 Å². The molecule has 1 aliphatic carbocycles. The number of hydrogen-bond donors (Lipinski definition) is 2. The van der Waals surface area contributed by atoms with E-state index in [9.17, 15) is 19.2 Å². The number of hydrogen-bond acceptors (Lipinski definition) is 9. The molecule has 3 atom stereocenters. The van der Waals surface area contributed by atoms with E-state index >= 15 is 0 Å².